The van der Waals surface area contributed by atoms with Crippen molar-refractivity contribution in [2.24, 2.45) is 0 Å². The molecule has 10 heteroatoms. The molecule has 1 aliphatic rings. The standard InChI is InChI=1S/C19H26N4O5S/c1-3-4-10-20-18(25)22-29(27,28)16-7-5-15(6-8-16)9-11-21-19(26)23-13-14(2)12-17(23)24/h5-8,12H,3-4,9-11,13H2,1-2H3,(H,21,26)(H2,20,22,25). The summed E-state index contributed by atoms with van der Waals surface area (Å²) in [6, 6.07) is 4.81. The normalized spacial score (nSPS) is 13.8. The number of hydrogen-bond donors (Lipinski definition) is 3. The van der Waals surface area contributed by atoms with Gasteiger partial charge in [0.15, 0.2) is 0 Å². The highest BCUT2D eigenvalue weighted by molar-refractivity contribution is 7.90. The number of amides is 5. The number of unbranched alkanes of at least 4 members (excludes halogenated alkanes) is 1. The van der Waals surface area contributed by atoms with Crippen LogP contribution in [0.2, 0.25) is 0 Å². The van der Waals surface area contributed by atoms with E-state index in [0.717, 1.165) is 28.9 Å². The van der Waals surface area contributed by atoms with E-state index < -0.39 is 22.1 Å². The molecule has 0 spiro atoms. The molecule has 5 amide bonds. The third-order valence-electron chi connectivity index (χ3n) is 4.26. The van der Waals surface area contributed by atoms with E-state index in [0.29, 0.717) is 19.5 Å². The van der Waals surface area contributed by atoms with E-state index in [-0.39, 0.29) is 17.3 Å². The summed E-state index contributed by atoms with van der Waals surface area (Å²) < 4.78 is 26.4. The number of carbonyl (C=O) groups excluding carboxylic acids is 3. The Morgan fingerprint density at radius 1 is 1.10 bits per heavy atom. The van der Waals surface area contributed by atoms with Crippen molar-refractivity contribution in [2.75, 3.05) is 19.6 Å². The van der Waals surface area contributed by atoms with Gasteiger partial charge in [-0.15, -0.1) is 0 Å². The number of carbonyl (C=O) groups is 3. The van der Waals surface area contributed by atoms with Crippen molar-refractivity contribution >= 4 is 28.0 Å². The molecule has 0 atom stereocenters. The molecule has 1 aromatic rings. The van der Waals surface area contributed by atoms with Gasteiger partial charge in [0.05, 0.1) is 11.4 Å². The van der Waals surface area contributed by atoms with Crippen molar-refractivity contribution in [1.29, 1.82) is 0 Å². The molecule has 0 saturated carbocycles. The number of urea groups is 2. The Morgan fingerprint density at radius 3 is 2.38 bits per heavy atom. The Labute approximate surface area is 170 Å². The van der Waals surface area contributed by atoms with Crippen molar-refractivity contribution in [3.8, 4) is 0 Å². The van der Waals surface area contributed by atoms with E-state index in [9.17, 15) is 22.8 Å². The van der Waals surface area contributed by atoms with Gasteiger partial charge in [-0.2, -0.15) is 0 Å². The molecule has 0 saturated heterocycles. The van der Waals surface area contributed by atoms with Gasteiger partial charge in [-0.1, -0.05) is 25.5 Å². The first-order chi connectivity index (χ1) is 13.7. The van der Waals surface area contributed by atoms with Gasteiger partial charge in [0, 0.05) is 19.2 Å². The van der Waals surface area contributed by atoms with Crippen LogP contribution in [-0.4, -0.2) is 50.9 Å². The predicted octanol–water partition coefficient (Wildman–Crippen LogP) is 1.52. The molecular formula is C19H26N4O5S. The second-order valence-electron chi connectivity index (χ2n) is 6.76. The molecule has 3 N–H and O–H groups in total. The molecular weight excluding hydrogens is 396 g/mol. The number of rotatable bonds is 8. The number of hydrogen-bond acceptors (Lipinski definition) is 5. The predicted molar refractivity (Wildman–Crippen MR) is 108 cm³/mol. The number of benzene rings is 1. The molecule has 29 heavy (non-hydrogen) atoms. The summed E-state index contributed by atoms with van der Waals surface area (Å²) >= 11 is 0. The Kier molecular flexibility index (Phi) is 7.77. The highest BCUT2D eigenvalue weighted by Crippen LogP contribution is 2.12. The van der Waals surface area contributed by atoms with Crippen molar-refractivity contribution in [2.45, 2.75) is 38.0 Å². The topological polar surface area (TPSA) is 125 Å². The summed E-state index contributed by atoms with van der Waals surface area (Å²) in [5.74, 6) is -0.333. The molecule has 1 aliphatic heterocycles. The molecule has 2 rings (SSSR count). The molecule has 0 aliphatic carbocycles. The highest BCUT2D eigenvalue weighted by Gasteiger charge is 2.24. The smallest absolute Gasteiger partial charge is 0.328 e. The van der Waals surface area contributed by atoms with Crippen LogP contribution in [0.25, 0.3) is 0 Å². The SMILES string of the molecule is CCCCNC(=O)NS(=O)(=O)c1ccc(CCNC(=O)N2CC(C)=CC2=O)cc1. The minimum atomic E-state index is -3.95. The van der Waals surface area contributed by atoms with Crippen molar-refractivity contribution < 1.29 is 22.8 Å². The maximum Gasteiger partial charge on any atom is 0.328 e. The molecule has 0 radical (unpaired) electrons. The number of nitrogens with zero attached hydrogens (tertiary/aromatic N) is 1. The first-order valence-corrected chi connectivity index (χ1v) is 10.9. The molecule has 0 bridgehead atoms. The Balaban J connectivity index is 1.82. The maximum atomic E-state index is 12.2. The fourth-order valence-electron chi connectivity index (χ4n) is 2.67. The highest BCUT2D eigenvalue weighted by atomic mass is 32.2. The molecule has 1 aromatic carbocycles. The lowest BCUT2D eigenvalue weighted by Gasteiger charge is -2.15. The lowest BCUT2D eigenvalue weighted by molar-refractivity contribution is -0.122. The molecule has 1 heterocycles. The van der Waals surface area contributed by atoms with E-state index in [1.807, 2.05) is 11.6 Å². The second kappa shape index (κ2) is 10.1. The number of nitrogens with one attached hydrogen (secondary N) is 3. The first-order valence-electron chi connectivity index (χ1n) is 9.39. The fraction of sp³-hybridized carbons (Fsp3) is 0.421. The monoisotopic (exact) mass is 422 g/mol. The van der Waals surface area contributed by atoms with Crippen LogP contribution in [0.5, 0.6) is 0 Å². The van der Waals surface area contributed by atoms with Gasteiger partial charge < -0.3 is 10.6 Å². The zero-order chi connectivity index (χ0) is 21.4. The Hall–Kier alpha value is -2.88. The summed E-state index contributed by atoms with van der Waals surface area (Å²) in [6.07, 6.45) is 3.54. The van der Waals surface area contributed by atoms with E-state index >= 15 is 0 Å². The van der Waals surface area contributed by atoms with Crippen LogP contribution < -0.4 is 15.4 Å². The Morgan fingerprint density at radius 2 is 1.79 bits per heavy atom. The van der Waals surface area contributed by atoms with Crippen LogP contribution in [0, 0.1) is 0 Å². The average molecular weight is 423 g/mol. The van der Waals surface area contributed by atoms with Gasteiger partial charge in [-0.3, -0.25) is 9.69 Å². The minimum absolute atomic E-state index is 0.0276. The van der Waals surface area contributed by atoms with Crippen LogP contribution in [0.3, 0.4) is 0 Å². The van der Waals surface area contributed by atoms with Crippen LogP contribution in [-0.2, 0) is 21.2 Å². The summed E-state index contributed by atoms with van der Waals surface area (Å²) in [5.41, 5.74) is 1.63. The van der Waals surface area contributed by atoms with E-state index in [1.54, 1.807) is 19.1 Å². The number of imide groups is 1. The van der Waals surface area contributed by atoms with Gasteiger partial charge in [-0.25, -0.2) is 22.7 Å². The quantitative estimate of drug-likeness (QED) is 0.548. The van der Waals surface area contributed by atoms with Gasteiger partial charge in [-0.05, 0) is 43.0 Å². The third-order valence-corrected chi connectivity index (χ3v) is 5.60. The van der Waals surface area contributed by atoms with Crippen LogP contribution >= 0.6 is 0 Å². The molecule has 0 fully saturated rings. The zero-order valence-corrected chi connectivity index (χ0v) is 17.3. The third kappa shape index (κ3) is 6.60. The Bertz CT molecular complexity index is 894. The largest absolute Gasteiger partial charge is 0.337 e. The molecule has 158 valence electrons. The fourth-order valence-corrected chi connectivity index (χ4v) is 3.60. The van der Waals surface area contributed by atoms with Crippen molar-refractivity contribution in [3.05, 3.63) is 41.5 Å². The van der Waals surface area contributed by atoms with Gasteiger partial charge in [0.25, 0.3) is 15.9 Å². The van der Waals surface area contributed by atoms with Gasteiger partial charge in [0.2, 0.25) is 0 Å². The van der Waals surface area contributed by atoms with E-state index in [4.69, 9.17) is 0 Å². The van der Waals surface area contributed by atoms with Crippen LogP contribution in [0.4, 0.5) is 9.59 Å². The molecule has 0 aromatic heterocycles. The minimum Gasteiger partial charge on any atom is -0.337 e. The van der Waals surface area contributed by atoms with Gasteiger partial charge >= 0.3 is 12.1 Å². The lowest BCUT2D eigenvalue weighted by atomic mass is 10.1. The summed E-state index contributed by atoms with van der Waals surface area (Å²) in [6.45, 7) is 4.74. The zero-order valence-electron chi connectivity index (χ0n) is 16.5. The second-order valence-corrected chi connectivity index (χ2v) is 8.44. The van der Waals surface area contributed by atoms with Crippen molar-refractivity contribution in [3.63, 3.8) is 0 Å². The van der Waals surface area contributed by atoms with Crippen molar-refractivity contribution in [1.82, 2.24) is 20.3 Å². The lowest BCUT2D eigenvalue weighted by Crippen LogP contribution is -2.41. The van der Waals surface area contributed by atoms with Crippen LogP contribution in [0.1, 0.15) is 32.3 Å². The van der Waals surface area contributed by atoms with E-state index in [2.05, 4.69) is 10.6 Å². The average Bonchev–Trinajstić information content (AvgIpc) is 3.00. The van der Waals surface area contributed by atoms with E-state index in [1.165, 1.54) is 18.2 Å². The molecule has 0 unspecified atom stereocenters. The summed E-state index contributed by atoms with van der Waals surface area (Å²) in [5, 5.41) is 5.16. The maximum absolute atomic E-state index is 12.2. The summed E-state index contributed by atoms with van der Waals surface area (Å²) in [4.78, 5) is 36.4. The number of sulfonamides is 1. The first kappa shape index (κ1) is 22.4. The van der Waals surface area contributed by atoms with Gasteiger partial charge in [0.1, 0.15) is 0 Å². The molecule has 9 nitrogen and oxygen atoms in total. The van der Waals surface area contributed by atoms with Crippen LogP contribution in [0.15, 0.2) is 40.8 Å². The summed E-state index contributed by atoms with van der Waals surface area (Å²) in [7, 11) is -3.95.